The van der Waals surface area contributed by atoms with E-state index < -0.39 is 0 Å². The van der Waals surface area contributed by atoms with Gasteiger partial charge in [-0.05, 0) is 59.2 Å². The SMILES string of the molecule is CC(C)N1CCCC(C2=NOCC(CN3CCCCC3)O2)C1. The molecule has 126 valence electrons. The van der Waals surface area contributed by atoms with Crippen molar-refractivity contribution in [2.24, 2.45) is 11.1 Å². The second-order valence-electron chi connectivity index (χ2n) is 7.25. The second-order valence-corrected chi connectivity index (χ2v) is 7.25. The predicted octanol–water partition coefficient (Wildman–Crippen LogP) is 2.32. The zero-order chi connectivity index (χ0) is 15.4. The Hall–Kier alpha value is -0.810. The van der Waals surface area contributed by atoms with E-state index in [4.69, 9.17) is 9.57 Å². The van der Waals surface area contributed by atoms with E-state index in [2.05, 4.69) is 28.8 Å². The van der Waals surface area contributed by atoms with Gasteiger partial charge in [-0.2, -0.15) is 0 Å². The Morgan fingerprint density at radius 1 is 1.14 bits per heavy atom. The first-order valence-corrected chi connectivity index (χ1v) is 9.05. The van der Waals surface area contributed by atoms with Crippen molar-refractivity contribution in [3.05, 3.63) is 0 Å². The molecule has 3 heterocycles. The lowest BCUT2D eigenvalue weighted by Crippen LogP contribution is -2.47. The van der Waals surface area contributed by atoms with Gasteiger partial charge in [0, 0.05) is 19.1 Å². The van der Waals surface area contributed by atoms with Crippen molar-refractivity contribution in [2.45, 2.75) is 58.1 Å². The van der Waals surface area contributed by atoms with E-state index >= 15 is 0 Å². The molecule has 0 aromatic rings. The molecular weight excluding hydrogens is 278 g/mol. The van der Waals surface area contributed by atoms with Crippen LogP contribution in [0, 0.1) is 5.92 Å². The molecule has 0 aliphatic carbocycles. The van der Waals surface area contributed by atoms with Crippen LogP contribution in [0.25, 0.3) is 0 Å². The van der Waals surface area contributed by atoms with Crippen LogP contribution in [0.2, 0.25) is 0 Å². The van der Waals surface area contributed by atoms with Crippen molar-refractivity contribution >= 4 is 5.90 Å². The van der Waals surface area contributed by atoms with Crippen LogP contribution in [0.5, 0.6) is 0 Å². The summed E-state index contributed by atoms with van der Waals surface area (Å²) in [6, 6.07) is 0.594. The average Bonchev–Trinajstić information content (AvgIpc) is 2.56. The van der Waals surface area contributed by atoms with Crippen molar-refractivity contribution in [1.82, 2.24) is 9.80 Å². The summed E-state index contributed by atoms with van der Waals surface area (Å²) in [7, 11) is 0. The van der Waals surface area contributed by atoms with Crippen molar-refractivity contribution in [3.8, 4) is 0 Å². The van der Waals surface area contributed by atoms with E-state index in [0.717, 1.165) is 19.0 Å². The van der Waals surface area contributed by atoms with E-state index in [0.29, 0.717) is 18.6 Å². The lowest BCUT2D eigenvalue weighted by Gasteiger charge is -2.37. The molecule has 2 fully saturated rings. The summed E-state index contributed by atoms with van der Waals surface area (Å²) in [5, 5.41) is 4.24. The van der Waals surface area contributed by atoms with Crippen LogP contribution in [0.4, 0.5) is 0 Å². The lowest BCUT2D eigenvalue weighted by atomic mass is 9.96. The molecule has 3 aliphatic rings. The highest BCUT2D eigenvalue weighted by Gasteiger charge is 2.31. The van der Waals surface area contributed by atoms with Gasteiger partial charge in [0.15, 0.2) is 6.61 Å². The Bertz CT molecular complexity index is 380. The number of likely N-dealkylation sites (tertiary alicyclic amines) is 2. The molecule has 3 rings (SSSR count). The van der Waals surface area contributed by atoms with Crippen molar-refractivity contribution < 1.29 is 9.57 Å². The maximum atomic E-state index is 6.21. The first-order chi connectivity index (χ1) is 10.7. The molecule has 0 bridgehead atoms. The second kappa shape index (κ2) is 7.64. The molecule has 0 aromatic carbocycles. The number of piperidine rings is 2. The third-order valence-electron chi connectivity index (χ3n) is 5.15. The minimum absolute atomic E-state index is 0.153. The Kier molecular flexibility index (Phi) is 5.58. The molecule has 0 spiro atoms. The zero-order valence-electron chi connectivity index (χ0n) is 14.2. The molecule has 2 saturated heterocycles. The fourth-order valence-electron chi connectivity index (χ4n) is 3.78. The van der Waals surface area contributed by atoms with E-state index in [9.17, 15) is 0 Å². The summed E-state index contributed by atoms with van der Waals surface area (Å²) in [4.78, 5) is 10.5. The fourth-order valence-corrected chi connectivity index (χ4v) is 3.78. The highest BCUT2D eigenvalue weighted by Crippen LogP contribution is 2.23. The van der Waals surface area contributed by atoms with Crippen LogP contribution in [-0.2, 0) is 9.57 Å². The highest BCUT2D eigenvalue weighted by molar-refractivity contribution is 5.79. The third kappa shape index (κ3) is 4.13. The monoisotopic (exact) mass is 309 g/mol. The van der Waals surface area contributed by atoms with Crippen LogP contribution < -0.4 is 0 Å². The van der Waals surface area contributed by atoms with Gasteiger partial charge >= 0.3 is 0 Å². The number of oxime groups is 1. The molecule has 2 atom stereocenters. The van der Waals surface area contributed by atoms with Crippen LogP contribution in [-0.4, -0.2) is 67.2 Å². The molecule has 5 heteroatoms. The van der Waals surface area contributed by atoms with E-state index in [1.165, 1.54) is 51.7 Å². The molecule has 0 radical (unpaired) electrons. The Balaban J connectivity index is 1.52. The first kappa shape index (κ1) is 16.1. The van der Waals surface area contributed by atoms with Gasteiger partial charge in [-0.25, -0.2) is 0 Å². The zero-order valence-corrected chi connectivity index (χ0v) is 14.2. The summed E-state index contributed by atoms with van der Waals surface area (Å²) in [6.07, 6.45) is 6.56. The minimum Gasteiger partial charge on any atom is -0.470 e. The van der Waals surface area contributed by atoms with E-state index in [1.807, 2.05) is 0 Å². The van der Waals surface area contributed by atoms with Crippen LogP contribution >= 0.6 is 0 Å². The standard InChI is InChI=1S/C17H31N3O2/c1-14(2)20-10-6-7-15(11-20)17-18-21-13-16(22-17)12-19-8-4-3-5-9-19/h14-16H,3-13H2,1-2H3. The van der Waals surface area contributed by atoms with Crippen molar-refractivity contribution in [1.29, 1.82) is 0 Å². The molecule has 2 unspecified atom stereocenters. The Labute approximate surface area is 134 Å². The number of hydrogen-bond acceptors (Lipinski definition) is 5. The maximum absolute atomic E-state index is 6.21. The summed E-state index contributed by atoms with van der Waals surface area (Å²) in [5.74, 6) is 1.25. The first-order valence-electron chi connectivity index (χ1n) is 9.05. The molecule has 0 saturated carbocycles. The topological polar surface area (TPSA) is 37.3 Å². The van der Waals surface area contributed by atoms with Gasteiger partial charge in [0.2, 0.25) is 5.90 Å². The van der Waals surface area contributed by atoms with Gasteiger partial charge < -0.3 is 14.5 Å². The van der Waals surface area contributed by atoms with Crippen molar-refractivity contribution in [3.63, 3.8) is 0 Å². The summed E-state index contributed by atoms with van der Waals surface area (Å²) in [6.45, 7) is 10.8. The number of nitrogens with zero attached hydrogens (tertiary/aromatic N) is 3. The van der Waals surface area contributed by atoms with Crippen molar-refractivity contribution in [2.75, 3.05) is 39.3 Å². The smallest absolute Gasteiger partial charge is 0.230 e. The average molecular weight is 309 g/mol. The van der Waals surface area contributed by atoms with E-state index in [-0.39, 0.29) is 6.10 Å². The van der Waals surface area contributed by atoms with Gasteiger partial charge in [0.05, 0.1) is 5.92 Å². The lowest BCUT2D eigenvalue weighted by molar-refractivity contribution is -0.0188. The maximum Gasteiger partial charge on any atom is 0.230 e. The van der Waals surface area contributed by atoms with Gasteiger partial charge in [0.25, 0.3) is 0 Å². The van der Waals surface area contributed by atoms with Gasteiger partial charge in [-0.3, -0.25) is 4.90 Å². The normalized spacial score (nSPS) is 31.5. The Morgan fingerprint density at radius 2 is 1.95 bits per heavy atom. The number of hydrogen-bond donors (Lipinski definition) is 0. The number of rotatable bonds is 4. The largest absolute Gasteiger partial charge is 0.470 e. The molecule has 3 aliphatic heterocycles. The third-order valence-corrected chi connectivity index (χ3v) is 5.15. The summed E-state index contributed by atoms with van der Waals surface area (Å²) in [5.41, 5.74) is 0. The molecular formula is C17H31N3O2. The fraction of sp³-hybridized carbons (Fsp3) is 0.941. The van der Waals surface area contributed by atoms with E-state index in [1.54, 1.807) is 0 Å². The van der Waals surface area contributed by atoms with Gasteiger partial charge in [0.1, 0.15) is 6.10 Å². The van der Waals surface area contributed by atoms with Crippen LogP contribution in [0.1, 0.15) is 46.0 Å². The highest BCUT2D eigenvalue weighted by atomic mass is 16.7. The molecule has 0 aromatic heterocycles. The number of ether oxygens (including phenoxy) is 1. The quantitative estimate of drug-likeness (QED) is 0.799. The van der Waals surface area contributed by atoms with Crippen LogP contribution in [0.15, 0.2) is 5.16 Å². The molecule has 0 amide bonds. The molecule has 22 heavy (non-hydrogen) atoms. The summed E-state index contributed by atoms with van der Waals surface area (Å²) < 4.78 is 6.21. The minimum atomic E-state index is 0.153. The predicted molar refractivity (Wildman–Crippen MR) is 88.0 cm³/mol. The Morgan fingerprint density at radius 3 is 2.73 bits per heavy atom. The summed E-state index contributed by atoms with van der Waals surface area (Å²) >= 11 is 0. The molecule has 0 N–H and O–H groups in total. The van der Waals surface area contributed by atoms with Gasteiger partial charge in [-0.1, -0.05) is 11.6 Å². The molecule has 5 nitrogen and oxygen atoms in total. The van der Waals surface area contributed by atoms with Gasteiger partial charge in [-0.15, -0.1) is 0 Å². The van der Waals surface area contributed by atoms with Crippen LogP contribution in [0.3, 0.4) is 0 Å².